The maximum absolute atomic E-state index is 12.4. The van der Waals surface area contributed by atoms with Gasteiger partial charge in [0.25, 0.3) is 11.8 Å². The minimum Gasteiger partial charge on any atom is -0.353 e. The van der Waals surface area contributed by atoms with Crippen molar-refractivity contribution in [1.29, 1.82) is 0 Å². The molecule has 1 aliphatic heterocycles. The third kappa shape index (κ3) is 4.37. The fourth-order valence-corrected chi connectivity index (χ4v) is 3.45. The Morgan fingerprint density at radius 1 is 1.11 bits per heavy atom. The van der Waals surface area contributed by atoms with Gasteiger partial charge in [0.15, 0.2) is 0 Å². The van der Waals surface area contributed by atoms with Crippen molar-refractivity contribution in [1.82, 2.24) is 10.2 Å². The molecule has 0 bridgehead atoms. The summed E-state index contributed by atoms with van der Waals surface area (Å²) in [5.41, 5.74) is 2.77. The molecule has 0 aromatic heterocycles. The van der Waals surface area contributed by atoms with Gasteiger partial charge in [0.2, 0.25) is 5.91 Å². The fraction of sp³-hybridized carbons (Fsp3) is 0.286. The van der Waals surface area contributed by atoms with Crippen LogP contribution in [0.15, 0.2) is 42.5 Å². The van der Waals surface area contributed by atoms with Crippen molar-refractivity contribution in [2.24, 2.45) is 0 Å². The number of nitrogens with zero attached hydrogens (tertiary/aromatic N) is 1. The van der Waals surface area contributed by atoms with Crippen LogP contribution in [0.4, 0.5) is 0 Å². The number of halogens is 1. The topological polar surface area (TPSA) is 66.5 Å². The second-order valence-corrected chi connectivity index (χ2v) is 7.30. The molecule has 2 aromatic rings. The molecular formula is C21H21ClN2O3. The quantitative estimate of drug-likeness (QED) is 0.776. The molecule has 0 radical (unpaired) electrons. The zero-order chi connectivity index (χ0) is 19.6. The first-order valence-electron chi connectivity index (χ1n) is 8.86. The van der Waals surface area contributed by atoms with Crippen molar-refractivity contribution in [3.05, 3.63) is 69.7 Å². The number of amides is 3. The van der Waals surface area contributed by atoms with Crippen LogP contribution in [0.25, 0.3) is 0 Å². The largest absolute Gasteiger partial charge is 0.353 e. The molecule has 0 saturated carbocycles. The van der Waals surface area contributed by atoms with E-state index in [0.717, 1.165) is 16.0 Å². The summed E-state index contributed by atoms with van der Waals surface area (Å²) in [6.45, 7) is 3.85. The summed E-state index contributed by atoms with van der Waals surface area (Å²) in [4.78, 5) is 38.2. The van der Waals surface area contributed by atoms with Crippen LogP contribution in [0.1, 0.15) is 45.2 Å². The first-order valence-corrected chi connectivity index (χ1v) is 9.23. The van der Waals surface area contributed by atoms with Crippen LogP contribution in [0.2, 0.25) is 5.02 Å². The van der Waals surface area contributed by atoms with Crippen LogP contribution < -0.4 is 5.32 Å². The highest BCUT2D eigenvalue weighted by atomic mass is 35.5. The first kappa shape index (κ1) is 19.1. The smallest absolute Gasteiger partial charge is 0.261 e. The fourth-order valence-electron chi connectivity index (χ4n) is 3.24. The standard InChI is InChI=1S/C21H21ClN2O3/c1-13-6-7-17-18(10-13)21(27)24(20(17)26)9-8-19(25)23-14(2)11-15-4-3-5-16(22)12-15/h3-7,10,12,14H,8-9,11H2,1-2H3,(H,23,25)/t14-/m0/s1. The molecular weight excluding hydrogens is 364 g/mol. The van der Waals surface area contributed by atoms with Gasteiger partial charge in [0.05, 0.1) is 11.1 Å². The number of carbonyl (C=O) groups is 3. The molecule has 1 aliphatic rings. The van der Waals surface area contributed by atoms with Crippen molar-refractivity contribution < 1.29 is 14.4 Å². The lowest BCUT2D eigenvalue weighted by Gasteiger charge is -2.17. The van der Waals surface area contributed by atoms with Crippen LogP contribution >= 0.6 is 11.6 Å². The molecule has 1 heterocycles. The molecule has 0 aliphatic carbocycles. The molecule has 140 valence electrons. The van der Waals surface area contributed by atoms with Gasteiger partial charge < -0.3 is 5.32 Å². The predicted molar refractivity (Wildman–Crippen MR) is 104 cm³/mol. The molecule has 0 spiro atoms. The highest BCUT2D eigenvalue weighted by Crippen LogP contribution is 2.24. The number of carbonyl (C=O) groups excluding carboxylic acids is 3. The minimum absolute atomic E-state index is 0.0705. The molecule has 3 rings (SSSR count). The van der Waals surface area contributed by atoms with Crippen LogP contribution in [0.5, 0.6) is 0 Å². The summed E-state index contributed by atoms with van der Waals surface area (Å²) in [6.07, 6.45) is 0.725. The number of benzene rings is 2. The van der Waals surface area contributed by atoms with E-state index in [9.17, 15) is 14.4 Å². The second-order valence-electron chi connectivity index (χ2n) is 6.86. The van der Waals surface area contributed by atoms with E-state index in [-0.39, 0.29) is 36.7 Å². The molecule has 2 aromatic carbocycles. The van der Waals surface area contributed by atoms with Gasteiger partial charge in [-0.05, 0) is 50.1 Å². The summed E-state index contributed by atoms with van der Waals surface area (Å²) in [5.74, 6) is -0.870. The van der Waals surface area contributed by atoms with Gasteiger partial charge in [-0.2, -0.15) is 0 Å². The van der Waals surface area contributed by atoms with Crippen molar-refractivity contribution in [3.63, 3.8) is 0 Å². The van der Waals surface area contributed by atoms with Crippen LogP contribution in [-0.4, -0.2) is 35.2 Å². The average Bonchev–Trinajstić information content (AvgIpc) is 2.83. The zero-order valence-electron chi connectivity index (χ0n) is 15.3. The van der Waals surface area contributed by atoms with Crippen molar-refractivity contribution in [3.8, 4) is 0 Å². The van der Waals surface area contributed by atoms with E-state index in [4.69, 9.17) is 11.6 Å². The molecule has 3 amide bonds. The van der Waals surface area contributed by atoms with Crippen molar-refractivity contribution in [2.45, 2.75) is 32.7 Å². The van der Waals surface area contributed by atoms with Gasteiger partial charge >= 0.3 is 0 Å². The number of rotatable bonds is 6. The van der Waals surface area contributed by atoms with Crippen LogP contribution in [-0.2, 0) is 11.2 Å². The minimum atomic E-state index is -0.338. The zero-order valence-corrected chi connectivity index (χ0v) is 16.0. The molecule has 27 heavy (non-hydrogen) atoms. The Morgan fingerprint density at radius 3 is 2.59 bits per heavy atom. The summed E-state index contributed by atoms with van der Waals surface area (Å²) in [7, 11) is 0. The normalized spacial score (nSPS) is 14.3. The maximum Gasteiger partial charge on any atom is 0.261 e. The number of fused-ring (bicyclic) bond motifs is 1. The van der Waals surface area contributed by atoms with Crippen molar-refractivity contribution in [2.75, 3.05) is 6.54 Å². The number of aryl methyl sites for hydroxylation is 1. The average molecular weight is 385 g/mol. The van der Waals surface area contributed by atoms with E-state index in [1.807, 2.05) is 32.0 Å². The van der Waals surface area contributed by atoms with Gasteiger partial charge in [0, 0.05) is 24.0 Å². The van der Waals surface area contributed by atoms with Gasteiger partial charge in [-0.15, -0.1) is 0 Å². The molecule has 0 unspecified atom stereocenters. The molecule has 0 fully saturated rings. The third-order valence-electron chi connectivity index (χ3n) is 4.53. The molecule has 1 N–H and O–H groups in total. The van der Waals surface area contributed by atoms with Gasteiger partial charge in [-0.25, -0.2) is 0 Å². The summed E-state index contributed by atoms with van der Waals surface area (Å²) < 4.78 is 0. The monoisotopic (exact) mass is 384 g/mol. The Kier molecular flexibility index (Phi) is 5.61. The maximum atomic E-state index is 12.4. The van der Waals surface area contributed by atoms with Crippen LogP contribution in [0, 0.1) is 6.92 Å². The Balaban J connectivity index is 1.53. The summed E-state index contributed by atoms with van der Waals surface area (Å²) in [5, 5.41) is 3.56. The predicted octanol–water partition coefficient (Wildman–Crippen LogP) is 3.38. The summed E-state index contributed by atoms with van der Waals surface area (Å²) >= 11 is 5.98. The molecule has 6 heteroatoms. The lowest BCUT2D eigenvalue weighted by atomic mass is 10.1. The second kappa shape index (κ2) is 7.92. The van der Waals surface area contributed by atoms with Crippen LogP contribution in [0.3, 0.4) is 0 Å². The van der Waals surface area contributed by atoms with E-state index < -0.39 is 0 Å². The Morgan fingerprint density at radius 2 is 1.85 bits per heavy atom. The van der Waals surface area contributed by atoms with E-state index in [0.29, 0.717) is 22.6 Å². The first-order chi connectivity index (χ1) is 12.8. The Labute approximate surface area is 163 Å². The Hall–Kier alpha value is -2.66. The molecule has 5 nitrogen and oxygen atoms in total. The SMILES string of the molecule is Cc1ccc2c(c1)C(=O)N(CCC(=O)N[C@@H](C)Cc1cccc(Cl)c1)C2=O. The van der Waals surface area contributed by atoms with Gasteiger partial charge in [-0.1, -0.05) is 35.4 Å². The van der Waals surface area contributed by atoms with E-state index in [2.05, 4.69) is 5.32 Å². The number of hydrogen-bond acceptors (Lipinski definition) is 3. The number of imide groups is 1. The van der Waals surface area contributed by atoms with E-state index in [1.54, 1.807) is 24.3 Å². The van der Waals surface area contributed by atoms with Gasteiger partial charge in [-0.3, -0.25) is 19.3 Å². The third-order valence-corrected chi connectivity index (χ3v) is 4.76. The highest BCUT2D eigenvalue weighted by molar-refractivity contribution is 6.30. The highest BCUT2D eigenvalue weighted by Gasteiger charge is 2.35. The number of hydrogen-bond donors (Lipinski definition) is 1. The molecule has 0 saturated heterocycles. The summed E-state index contributed by atoms with van der Waals surface area (Å²) in [6, 6.07) is 12.6. The number of nitrogens with one attached hydrogen (secondary N) is 1. The lowest BCUT2D eigenvalue weighted by molar-refractivity contribution is -0.121. The van der Waals surface area contributed by atoms with Crippen molar-refractivity contribution >= 4 is 29.3 Å². The van der Waals surface area contributed by atoms with E-state index >= 15 is 0 Å². The van der Waals surface area contributed by atoms with E-state index in [1.165, 1.54) is 0 Å². The lowest BCUT2D eigenvalue weighted by Crippen LogP contribution is -2.38. The Bertz CT molecular complexity index is 910. The molecule has 1 atom stereocenters. The van der Waals surface area contributed by atoms with Gasteiger partial charge in [0.1, 0.15) is 0 Å².